The Morgan fingerprint density at radius 2 is 2.00 bits per heavy atom. The number of hydrogen-bond acceptors (Lipinski definition) is 2. The first-order valence-electron chi connectivity index (χ1n) is 6.74. The fourth-order valence-electron chi connectivity index (χ4n) is 2.48. The Morgan fingerprint density at radius 1 is 1.19 bits per heavy atom. The van der Waals surface area contributed by atoms with E-state index in [1.807, 2.05) is 0 Å². The summed E-state index contributed by atoms with van der Waals surface area (Å²) < 4.78 is 29.0. The van der Waals surface area contributed by atoms with E-state index in [2.05, 4.69) is 4.98 Å². The third-order valence-electron chi connectivity index (χ3n) is 3.51. The number of rotatable bonds is 3. The fraction of sp³-hybridized carbons (Fsp3) is 0.188. The van der Waals surface area contributed by atoms with E-state index in [1.165, 1.54) is 12.1 Å². The minimum absolute atomic E-state index is 0.262. The van der Waals surface area contributed by atoms with E-state index in [1.54, 1.807) is 35.7 Å². The average Bonchev–Trinajstić information content (AvgIpc) is 2.83. The van der Waals surface area contributed by atoms with Crippen LogP contribution >= 0.6 is 0 Å². The van der Waals surface area contributed by atoms with Gasteiger partial charge in [-0.2, -0.15) is 0 Å². The number of aromatic nitrogens is 2. The zero-order valence-corrected chi connectivity index (χ0v) is 11.6. The van der Waals surface area contributed by atoms with E-state index >= 15 is 0 Å². The van der Waals surface area contributed by atoms with Gasteiger partial charge in [0.05, 0.1) is 11.4 Å². The van der Waals surface area contributed by atoms with Crippen molar-refractivity contribution in [1.29, 1.82) is 0 Å². The summed E-state index contributed by atoms with van der Waals surface area (Å²) in [5.41, 5.74) is 8.69. The molecule has 3 nitrogen and oxygen atoms in total. The Kier molecular flexibility index (Phi) is 3.43. The van der Waals surface area contributed by atoms with Gasteiger partial charge in [0, 0.05) is 18.2 Å². The number of halogens is 2. The topological polar surface area (TPSA) is 43.3 Å². The highest BCUT2D eigenvalue weighted by Crippen LogP contribution is 2.27. The smallest absolute Gasteiger partial charge is 0.173 e. The van der Waals surface area contributed by atoms with Crippen LogP contribution in [0.2, 0.25) is 0 Å². The first kappa shape index (κ1) is 13.7. The average molecular weight is 287 g/mol. The Labute approximate surface area is 121 Å². The molecule has 5 heteroatoms. The van der Waals surface area contributed by atoms with Crippen LogP contribution in [0.3, 0.4) is 0 Å². The number of benzene rings is 1. The van der Waals surface area contributed by atoms with E-state index in [9.17, 15) is 8.78 Å². The second-order valence-corrected chi connectivity index (χ2v) is 4.96. The van der Waals surface area contributed by atoms with Gasteiger partial charge in [0.2, 0.25) is 0 Å². The number of nitrogens with two attached hydrogens (primary N) is 1. The monoisotopic (exact) mass is 287 g/mol. The minimum Gasteiger partial charge on any atom is -0.330 e. The lowest BCUT2D eigenvalue weighted by molar-refractivity contribution is 0.618. The highest BCUT2D eigenvalue weighted by atomic mass is 19.1. The van der Waals surface area contributed by atoms with Gasteiger partial charge in [0.1, 0.15) is 5.82 Å². The van der Waals surface area contributed by atoms with Crippen LogP contribution in [0.4, 0.5) is 8.78 Å². The van der Waals surface area contributed by atoms with Gasteiger partial charge < -0.3 is 10.1 Å². The molecular weight excluding hydrogens is 272 g/mol. The van der Waals surface area contributed by atoms with Gasteiger partial charge in [-0.15, -0.1) is 0 Å². The Bertz CT molecular complexity index is 809. The number of imidazole rings is 1. The van der Waals surface area contributed by atoms with Crippen molar-refractivity contribution in [2.75, 3.05) is 6.54 Å². The molecule has 0 unspecified atom stereocenters. The van der Waals surface area contributed by atoms with Gasteiger partial charge >= 0.3 is 0 Å². The van der Waals surface area contributed by atoms with Crippen molar-refractivity contribution in [3.8, 4) is 11.3 Å². The molecule has 0 aliphatic rings. The molecule has 2 heterocycles. The molecule has 0 fully saturated rings. The van der Waals surface area contributed by atoms with Gasteiger partial charge in [-0.05, 0) is 49.4 Å². The van der Waals surface area contributed by atoms with Gasteiger partial charge in [-0.25, -0.2) is 13.8 Å². The molecule has 3 rings (SSSR count). The molecule has 2 N–H and O–H groups in total. The highest BCUT2D eigenvalue weighted by molar-refractivity contribution is 5.67. The molecule has 0 atom stereocenters. The molecule has 0 radical (unpaired) electrons. The van der Waals surface area contributed by atoms with Crippen molar-refractivity contribution >= 4 is 5.65 Å². The van der Waals surface area contributed by atoms with Gasteiger partial charge in [-0.1, -0.05) is 0 Å². The third kappa shape index (κ3) is 2.29. The molecule has 0 amide bonds. The number of fused-ring (bicyclic) bond motifs is 1. The molecular formula is C16H15F2N3. The van der Waals surface area contributed by atoms with Crippen molar-refractivity contribution in [2.45, 2.75) is 13.3 Å². The summed E-state index contributed by atoms with van der Waals surface area (Å²) in [4.78, 5) is 4.38. The van der Waals surface area contributed by atoms with Gasteiger partial charge in [0.15, 0.2) is 11.5 Å². The molecule has 0 aliphatic heterocycles. The molecule has 0 saturated heterocycles. The maximum absolute atomic E-state index is 13.9. The second kappa shape index (κ2) is 5.26. The van der Waals surface area contributed by atoms with Crippen LogP contribution in [0.5, 0.6) is 0 Å². The lowest BCUT2D eigenvalue weighted by Gasteiger charge is -2.05. The largest absolute Gasteiger partial charge is 0.330 e. The van der Waals surface area contributed by atoms with E-state index in [4.69, 9.17) is 5.73 Å². The summed E-state index contributed by atoms with van der Waals surface area (Å²) in [5, 5.41) is 0. The number of nitrogens with zero attached hydrogens (tertiary/aromatic N) is 2. The van der Waals surface area contributed by atoms with Crippen molar-refractivity contribution in [2.24, 2.45) is 5.73 Å². The van der Waals surface area contributed by atoms with Crippen LogP contribution in [0.25, 0.3) is 16.9 Å². The van der Waals surface area contributed by atoms with Gasteiger partial charge in [0.25, 0.3) is 0 Å². The second-order valence-electron chi connectivity index (χ2n) is 4.96. The first-order valence-corrected chi connectivity index (χ1v) is 6.74. The standard InChI is InChI=1S/C16H15F2N3/c1-10-9-11(4-5-12(10)17)15-14(6-7-19)21-8-2-3-13(18)16(21)20-15/h2-5,8-9H,6-7,19H2,1H3. The van der Waals surface area contributed by atoms with E-state index in [0.717, 1.165) is 11.3 Å². The van der Waals surface area contributed by atoms with Crippen LogP contribution in [0.1, 0.15) is 11.3 Å². The Morgan fingerprint density at radius 3 is 2.71 bits per heavy atom. The van der Waals surface area contributed by atoms with Crippen LogP contribution in [0.15, 0.2) is 36.5 Å². The Balaban J connectivity index is 2.27. The maximum atomic E-state index is 13.9. The molecule has 0 spiro atoms. The minimum atomic E-state index is -0.388. The lowest BCUT2D eigenvalue weighted by atomic mass is 10.1. The maximum Gasteiger partial charge on any atom is 0.173 e. The van der Waals surface area contributed by atoms with Gasteiger partial charge in [-0.3, -0.25) is 0 Å². The van der Waals surface area contributed by atoms with Crippen molar-refractivity contribution in [1.82, 2.24) is 9.38 Å². The summed E-state index contributed by atoms with van der Waals surface area (Å²) in [6, 6.07) is 7.77. The van der Waals surface area contributed by atoms with Crippen molar-refractivity contribution in [3.05, 3.63) is 59.4 Å². The summed E-state index contributed by atoms with van der Waals surface area (Å²) >= 11 is 0. The predicted octanol–water partition coefficient (Wildman–Crippen LogP) is 3.09. The molecule has 108 valence electrons. The number of aryl methyl sites for hydroxylation is 1. The molecule has 0 bridgehead atoms. The highest BCUT2D eigenvalue weighted by Gasteiger charge is 2.16. The summed E-state index contributed by atoms with van der Waals surface area (Å²) in [5.74, 6) is -0.657. The van der Waals surface area contributed by atoms with Crippen molar-refractivity contribution in [3.63, 3.8) is 0 Å². The Hall–Kier alpha value is -2.27. The fourth-order valence-corrected chi connectivity index (χ4v) is 2.48. The number of hydrogen-bond donors (Lipinski definition) is 1. The van der Waals surface area contributed by atoms with Crippen molar-refractivity contribution < 1.29 is 8.78 Å². The van der Waals surface area contributed by atoms with Crippen LogP contribution in [0, 0.1) is 18.6 Å². The SMILES string of the molecule is Cc1cc(-c2nc3c(F)cccn3c2CCN)ccc1F. The molecule has 3 aromatic rings. The molecule has 2 aromatic heterocycles. The van der Waals surface area contributed by atoms with Crippen LogP contribution in [-0.2, 0) is 6.42 Å². The summed E-state index contributed by atoms with van der Waals surface area (Å²) in [7, 11) is 0. The van der Waals surface area contributed by atoms with E-state index in [-0.39, 0.29) is 17.3 Å². The summed E-state index contributed by atoms with van der Waals surface area (Å²) in [6.07, 6.45) is 2.33. The molecule has 0 aliphatic carbocycles. The zero-order valence-electron chi connectivity index (χ0n) is 11.6. The third-order valence-corrected chi connectivity index (χ3v) is 3.51. The molecule has 1 aromatic carbocycles. The summed E-state index contributed by atoms with van der Waals surface area (Å²) in [6.45, 7) is 2.12. The lowest BCUT2D eigenvalue weighted by Crippen LogP contribution is -2.06. The van der Waals surface area contributed by atoms with E-state index in [0.29, 0.717) is 24.2 Å². The van der Waals surface area contributed by atoms with Crippen LogP contribution in [-0.4, -0.2) is 15.9 Å². The predicted molar refractivity (Wildman–Crippen MR) is 78.0 cm³/mol. The normalized spacial score (nSPS) is 11.2. The van der Waals surface area contributed by atoms with E-state index < -0.39 is 0 Å². The first-order chi connectivity index (χ1) is 10.1. The molecule has 0 saturated carbocycles. The zero-order chi connectivity index (χ0) is 15.0. The number of pyridine rings is 1. The van der Waals surface area contributed by atoms with Crippen LogP contribution < -0.4 is 5.73 Å². The molecule has 21 heavy (non-hydrogen) atoms. The quantitative estimate of drug-likeness (QED) is 0.804.